The summed E-state index contributed by atoms with van der Waals surface area (Å²) >= 11 is 18.1. The number of nitrogens with one attached hydrogen (secondary N) is 1. The van der Waals surface area contributed by atoms with Crippen molar-refractivity contribution >= 4 is 64.0 Å². The first-order valence-corrected chi connectivity index (χ1v) is 11.2. The first-order valence-electron chi connectivity index (χ1n) is 10.0. The SMILES string of the molecule is Cc1cc(C)cc(N2C(=O)C(Cl)=C(Nc3ccc(C(=O)Oc4ccc(Cl)cc4Cl)cc3)C2=O)c1. The average molecular weight is 516 g/mol. The summed E-state index contributed by atoms with van der Waals surface area (Å²) in [5.41, 5.74) is 2.93. The summed E-state index contributed by atoms with van der Waals surface area (Å²) in [7, 11) is 0. The molecule has 6 nitrogen and oxygen atoms in total. The van der Waals surface area contributed by atoms with E-state index in [9.17, 15) is 14.4 Å². The highest BCUT2D eigenvalue weighted by Gasteiger charge is 2.39. The number of hydrogen-bond acceptors (Lipinski definition) is 5. The summed E-state index contributed by atoms with van der Waals surface area (Å²) in [5.74, 6) is -1.63. The lowest BCUT2D eigenvalue weighted by atomic mass is 10.1. The van der Waals surface area contributed by atoms with Crippen LogP contribution in [0.1, 0.15) is 21.5 Å². The van der Waals surface area contributed by atoms with Crippen molar-refractivity contribution in [1.82, 2.24) is 0 Å². The molecule has 0 fully saturated rings. The van der Waals surface area contributed by atoms with Gasteiger partial charge in [-0.25, -0.2) is 9.69 Å². The van der Waals surface area contributed by atoms with Gasteiger partial charge in [0.05, 0.1) is 16.3 Å². The largest absolute Gasteiger partial charge is 0.421 e. The first-order chi connectivity index (χ1) is 16.1. The van der Waals surface area contributed by atoms with Gasteiger partial charge in [0.25, 0.3) is 11.8 Å². The van der Waals surface area contributed by atoms with Crippen molar-refractivity contribution in [2.45, 2.75) is 13.8 Å². The Hall–Kier alpha value is -3.32. The van der Waals surface area contributed by atoms with Crippen LogP contribution in [0.2, 0.25) is 10.0 Å². The van der Waals surface area contributed by atoms with Crippen LogP contribution in [-0.4, -0.2) is 17.8 Å². The fourth-order valence-electron chi connectivity index (χ4n) is 3.48. The topological polar surface area (TPSA) is 75.7 Å². The van der Waals surface area contributed by atoms with Gasteiger partial charge in [0.15, 0.2) is 0 Å². The molecule has 172 valence electrons. The van der Waals surface area contributed by atoms with Crippen LogP contribution in [0.15, 0.2) is 71.4 Å². The lowest BCUT2D eigenvalue weighted by Gasteiger charge is -2.16. The van der Waals surface area contributed by atoms with Crippen molar-refractivity contribution < 1.29 is 19.1 Å². The zero-order valence-electron chi connectivity index (χ0n) is 18.0. The molecule has 1 aliphatic rings. The molecule has 2 amide bonds. The molecule has 0 aliphatic carbocycles. The van der Waals surface area contributed by atoms with Crippen LogP contribution in [-0.2, 0) is 9.59 Å². The number of nitrogens with zero attached hydrogens (tertiary/aromatic N) is 1. The average Bonchev–Trinajstić information content (AvgIpc) is 2.98. The minimum Gasteiger partial charge on any atom is -0.421 e. The number of rotatable bonds is 5. The Morgan fingerprint density at radius 2 is 1.50 bits per heavy atom. The molecular formula is C25H17Cl3N2O4. The van der Waals surface area contributed by atoms with Crippen molar-refractivity contribution in [3.05, 3.63) is 98.1 Å². The summed E-state index contributed by atoms with van der Waals surface area (Å²) in [4.78, 5) is 39.2. The van der Waals surface area contributed by atoms with Gasteiger partial charge in [0.2, 0.25) is 0 Å². The molecule has 1 aliphatic heterocycles. The van der Waals surface area contributed by atoms with E-state index in [1.807, 2.05) is 19.9 Å². The maximum atomic E-state index is 13.0. The molecule has 0 radical (unpaired) electrons. The van der Waals surface area contributed by atoms with Gasteiger partial charge in [0, 0.05) is 10.7 Å². The van der Waals surface area contributed by atoms with Crippen LogP contribution in [0.3, 0.4) is 0 Å². The highest BCUT2D eigenvalue weighted by molar-refractivity contribution is 6.53. The summed E-state index contributed by atoms with van der Waals surface area (Å²) in [6.45, 7) is 3.76. The zero-order valence-corrected chi connectivity index (χ0v) is 20.3. The zero-order chi connectivity index (χ0) is 24.6. The Bertz CT molecular complexity index is 1350. The Kier molecular flexibility index (Phi) is 6.66. The Morgan fingerprint density at radius 3 is 2.12 bits per heavy atom. The third-order valence-electron chi connectivity index (χ3n) is 4.98. The van der Waals surface area contributed by atoms with E-state index in [2.05, 4.69) is 5.32 Å². The van der Waals surface area contributed by atoms with Crippen LogP contribution < -0.4 is 15.0 Å². The number of esters is 1. The number of halogens is 3. The lowest BCUT2D eigenvalue weighted by Crippen LogP contribution is -2.32. The van der Waals surface area contributed by atoms with Crippen LogP contribution in [0.25, 0.3) is 0 Å². The maximum Gasteiger partial charge on any atom is 0.343 e. The van der Waals surface area contributed by atoms with Gasteiger partial charge in [-0.15, -0.1) is 0 Å². The van der Waals surface area contributed by atoms with Crippen molar-refractivity contribution in [2.75, 3.05) is 10.2 Å². The van der Waals surface area contributed by atoms with Crippen molar-refractivity contribution in [2.24, 2.45) is 0 Å². The van der Waals surface area contributed by atoms with Crippen LogP contribution in [0.5, 0.6) is 5.75 Å². The van der Waals surface area contributed by atoms with Gasteiger partial charge in [0.1, 0.15) is 16.5 Å². The number of carbonyl (C=O) groups is 3. The molecule has 0 atom stereocenters. The van der Waals surface area contributed by atoms with Crippen molar-refractivity contribution in [3.8, 4) is 5.75 Å². The second-order valence-electron chi connectivity index (χ2n) is 7.65. The number of anilines is 2. The molecule has 4 rings (SSSR count). The van der Waals surface area contributed by atoms with E-state index in [-0.39, 0.29) is 27.1 Å². The highest BCUT2D eigenvalue weighted by atomic mass is 35.5. The second kappa shape index (κ2) is 9.50. The predicted octanol–water partition coefficient (Wildman–Crippen LogP) is 6.27. The van der Waals surface area contributed by atoms with E-state index in [0.717, 1.165) is 16.0 Å². The fourth-order valence-corrected chi connectivity index (χ4v) is 4.14. The molecule has 9 heteroatoms. The normalized spacial score (nSPS) is 13.5. The molecule has 1 N–H and O–H groups in total. The minimum absolute atomic E-state index is 0.0471. The van der Waals surface area contributed by atoms with Gasteiger partial charge in [-0.3, -0.25) is 9.59 Å². The number of amides is 2. The monoisotopic (exact) mass is 514 g/mol. The smallest absolute Gasteiger partial charge is 0.343 e. The third-order valence-corrected chi connectivity index (χ3v) is 5.86. The molecule has 0 aromatic heterocycles. The van der Waals surface area contributed by atoms with Gasteiger partial charge in [-0.05, 0) is 79.6 Å². The molecule has 34 heavy (non-hydrogen) atoms. The number of benzene rings is 3. The van der Waals surface area contributed by atoms with Crippen molar-refractivity contribution in [3.63, 3.8) is 0 Å². The Labute approximate surface area is 210 Å². The molecule has 3 aromatic rings. The molecule has 0 unspecified atom stereocenters. The van der Waals surface area contributed by atoms with Crippen LogP contribution in [0.4, 0.5) is 11.4 Å². The third kappa shape index (κ3) is 4.80. The van der Waals surface area contributed by atoms with E-state index in [1.165, 1.54) is 24.3 Å². The summed E-state index contributed by atoms with van der Waals surface area (Å²) in [6.07, 6.45) is 0. The number of imide groups is 1. The number of hydrogen-bond donors (Lipinski definition) is 1. The molecule has 0 saturated heterocycles. The van der Waals surface area contributed by atoms with Crippen LogP contribution >= 0.6 is 34.8 Å². The lowest BCUT2D eigenvalue weighted by molar-refractivity contribution is -0.120. The molecule has 3 aromatic carbocycles. The quantitative estimate of drug-likeness (QED) is 0.246. The van der Waals surface area contributed by atoms with Crippen LogP contribution in [0, 0.1) is 13.8 Å². The molecular weight excluding hydrogens is 499 g/mol. The Balaban J connectivity index is 1.50. The molecule has 0 saturated carbocycles. The Morgan fingerprint density at radius 1 is 0.853 bits per heavy atom. The summed E-state index contributed by atoms with van der Waals surface area (Å²) < 4.78 is 5.30. The fraction of sp³-hybridized carbons (Fsp3) is 0.0800. The van der Waals surface area contributed by atoms with E-state index in [0.29, 0.717) is 16.4 Å². The minimum atomic E-state index is -0.624. The van der Waals surface area contributed by atoms with Gasteiger partial charge in [-0.2, -0.15) is 0 Å². The van der Waals surface area contributed by atoms with Gasteiger partial charge >= 0.3 is 5.97 Å². The number of carbonyl (C=O) groups excluding carboxylic acids is 3. The van der Waals surface area contributed by atoms with E-state index < -0.39 is 17.8 Å². The van der Waals surface area contributed by atoms with E-state index >= 15 is 0 Å². The first kappa shape index (κ1) is 23.8. The molecule has 0 bridgehead atoms. The number of ether oxygens (including phenoxy) is 1. The molecule has 0 spiro atoms. The number of aryl methyl sites for hydroxylation is 2. The van der Waals surface area contributed by atoms with E-state index in [1.54, 1.807) is 30.3 Å². The second-order valence-corrected chi connectivity index (χ2v) is 8.87. The van der Waals surface area contributed by atoms with Crippen molar-refractivity contribution in [1.29, 1.82) is 0 Å². The standard InChI is InChI=1S/C25H17Cl3N2O4/c1-13-9-14(2)11-18(10-13)30-23(31)21(28)22(24(30)32)29-17-6-3-15(4-7-17)25(33)34-20-8-5-16(26)12-19(20)27/h3-12,29H,1-2H3. The van der Waals surface area contributed by atoms with Gasteiger partial charge < -0.3 is 10.1 Å². The summed E-state index contributed by atoms with van der Waals surface area (Å²) in [6, 6.07) is 16.1. The van der Waals surface area contributed by atoms with E-state index in [4.69, 9.17) is 39.5 Å². The highest BCUT2D eigenvalue weighted by Crippen LogP contribution is 2.32. The maximum absolute atomic E-state index is 13.0. The predicted molar refractivity (Wildman–Crippen MR) is 133 cm³/mol. The van der Waals surface area contributed by atoms with Gasteiger partial charge in [-0.1, -0.05) is 40.9 Å². The summed E-state index contributed by atoms with van der Waals surface area (Å²) in [5, 5.41) is 3.29. The molecule has 1 heterocycles.